The summed E-state index contributed by atoms with van der Waals surface area (Å²) in [5, 5.41) is 16.5. The van der Waals surface area contributed by atoms with Crippen LogP contribution in [0.2, 0.25) is 5.02 Å². The number of alkyl halides is 3. The second-order valence-corrected chi connectivity index (χ2v) is 6.76. The molecule has 13 heteroatoms. The predicted molar refractivity (Wildman–Crippen MR) is 103 cm³/mol. The fourth-order valence-electron chi connectivity index (χ4n) is 2.90. The molecule has 4 rings (SSSR count). The molecule has 2 aromatic heterocycles. The third kappa shape index (κ3) is 4.24. The monoisotopic (exact) mass is 441 g/mol. The first kappa shape index (κ1) is 20.2. The van der Waals surface area contributed by atoms with Crippen molar-refractivity contribution in [1.82, 2.24) is 19.8 Å². The number of carbonyl (C=O) groups is 1. The van der Waals surface area contributed by atoms with E-state index in [9.17, 15) is 18.0 Å². The number of ether oxygens (including phenoxy) is 1. The fraction of sp³-hybridized carbons (Fsp3) is 0.294. The van der Waals surface area contributed by atoms with Gasteiger partial charge >= 0.3 is 12.2 Å². The quantitative estimate of drug-likeness (QED) is 0.647. The summed E-state index contributed by atoms with van der Waals surface area (Å²) < 4.78 is 45.6. The number of benzene rings is 1. The van der Waals surface area contributed by atoms with Crippen LogP contribution in [0, 0.1) is 0 Å². The van der Waals surface area contributed by atoms with Crippen molar-refractivity contribution in [2.75, 3.05) is 41.8 Å². The van der Waals surface area contributed by atoms with E-state index in [0.29, 0.717) is 37.8 Å². The van der Waals surface area contributed by atoms with Crippen LogP contribution in [-0.2, 0) is 10.9 Å². The minimum atomic E-state index is -4.64. The summed E-state index contributed by atoms with van der Waals surface area (Å²) in [6.45, 7) is 2.50. The summed E-state index contributed by atoms with van der Waals surface area (Å²) in [6, 6.07) is 5.74. The van der Waals surface area contributed by atoms with Crippen LogP contribution in [0.3, 0.4) is 0 Å². The van der Waals surface area contributed by atoms with Crippen molar-refractivity contribution in [1.29, 1.82) is 0 Å². The first-order valence-electron chi connectivity index (χ1n) is 8.81. The fourth-order valence-corrected chi connectivity index (χ4v) is 3.13. The average molecular weight is 442 g/mol. The number of carbonyl (C=O) groups excluding carboxylic acids is 1. The van der Waals surface area contributed by atoms with Crippen LogP contribution < -0.4 is 15.5 Å². The third-order valence-corrected chi connectivity index (χ3v) is 4.67. The van der Waals surface area contributed by atoms with Gasteiger partial charge in [0.25, 0.3) is 5.95 Å². The summed E-state index contributed by atoms with van der Waals surface area (Å²) in [7, 11) is 0. The van der Waals surface area contributed by atoms with Gasteiger partial charge in [-0.1, -0.05) is 11.6 Å². The molecule has 30 heavy (non-hydrogen) atoms. The van der Waals surface area contributed by atoms with Crippen LogP contribution in [0.25, 0.3) is 5.65 Å². The molecule has 3 heterocycles. The second kappa shape index (κ2) is 7.95. The van der Waals surface area contributed by atoms with Gasteiger partial charge in [-0.25, -0.2) is 4.79 Å². The molecule has 2 N–H and O–H groups in total. The number of nitrogens with zero attached hydrogens (tertiary/aromatic N) is 5. The number of morpholine rings is 1. The van der Waals surface area contributed by atoms with Gasteiger partial charge in [-0.3, -0.25) is 5.32 Å². The highest BCUT2D eigenvalue weighted by Crippen LogP contribution is 2.36. The molecule has 1 aliphatic rings. The molecule has 1 aromatic carbocycles. The molecule has 0 saturated carbocycles. The zero-order valence-electron chi connectivity index (χ0n) is 15.3. The van der Waals surface area contributed by atoms with E-state index in [4.69, 9.17) is 16.3 Å². The summed E-state index contributed by atoms with van der Waals surface area (Å²) in [5.41, 5.74) is -0.736. The SMILES string of the molecule is O=C(Nc1ccc(Cl)c(C(F)(F)F)c1)Nc1nnc2ccc(N3CCOCC3)nn12. The van der Waals surface area contributed by atoms with Crippen LogP contribution in [0.4, 0.5) is 35.4 Å². The summed E-state index contributed by atoms with van der Waals surface area (Å²) in [5.74, 6) is 0.671. The topological polar surface area (TPSA) is 96.7 Å². The van der Waals surface area contributed by atoms with Crippen molar-refractivity contribution in [3.8, 4) is 0 Å². The Morgan fingerprint density at radius 1 is 1.10 bits per heavy atom. The molecular weight excluding hydrogens is 427 g/mol. The molecule has 1 saturated heterocycles. The van der Waals surface area contributed by atoms with E-state index >= 15 is 0 Å². The van der Waals surface area contributed by atoms with E-state index in [1.165, 1.54) is 10.6 Å². The summed E-state index contributed by atoms with van der Waals surface area (Å²) in [6.07, 6.45) is -4.64. The van der Waals surface area contributed by atoms with E-state index in [-0.39, 0.29) is 11.6 Å². The highest BCUT2D eigenvalue weighted by Gasteiger charge is 2.33. The van der Waals surface area contributed by atoms with Crippen molar-refractivity contribution in [3.63, 3.8) is 0 Å². The van der Waals surface area contributed by atoms with Gasteiger partial charge in [-0.05, 0) is 30.3 Å². The standard InChI is InChI=1S/C17H15ClF3N7O2/c18-12-2-1-10(9-11(12)17(19,20)21)22-16(29)23-15-25-24-13-3-4-14(26-28(13)15)27-5-7-30-8-6-27/h1-4,9H,5-8H2,(H2,22,23,25,29). The zero-order chi connectivity index (χ0) is 21.3. The number of rotatable bonds is 3. The third-order valence-electron chi connectivity index (χ3n) is 4.34. The van der Waals surface area contributed by atoms with Crippen molar-refractivity contribution in [2.45, 2.75) is 6.18 Å². The number of fused-ring (bicyclic) bond motifs is 1. The molecule has 1 fully saturated rings. The number of halogens is 4. The molecule has 158 valence electrons. The van der Waals surface area contributed by atoms with Crippen LogP contribution in [0.15, 0.2) is 30.3 Å². The first-order valence-corrected chi connectivity index (χ1v) is 9.19. The minimum Gasteiger partial charge on any atom is -0.378 e. The van der Waals surface area contributed by atoms with E-state index < -0.39 is 22.8 Å². The van der Waals surface area contributed by atoms with Gasteiger partial charge in [-0.2, -0.15) is 17.7 Å². The second-order valence-electron chi connectivity index (χ2n) is 6.36. The maximum atomic E-state index is 13.0. The number of urea groups is 1. The van der Waals surface area contributed by atoms with Gasteiger partial charge in [0, 0.05) is 18.8 Å². The minimum absolute atomic E-state index is 0.0163. The van der Waals surface area contributed by atoms with Gasteiger partial charge in [0.2, 0.25) is 0 Å². The lowest BCUT2D eigenvalue weighted by atomic mass is 10.2. The molecule has 0 unspecified atom stereocenters. The molecule has 0 atom stereocenters. The summed E-state index contributed by atoms with van der Waals surface area (Å²) >= 11 is 5.59. The molecule has 0 aliphatic carbocycles. The van der Waals surface area contributed by atoms with Crippen molar-refractivity contribution < 1.29 is 22.7 Å². The molecule has 0 spiro atoms. The maximum absolute atomic E-state index is 13.0. The maximum Gasteiger partial charge on any atom is 0.417 e. The lowest BCUT2D eigenvalue weighted by Crippen LogP contribution is -2.37. The molecule has 0 bridgehead atoms. The Morgan fingerprint density at radius 3 is 2.60 bits per heavy atom. The Hall–Kier alpha value is -3.12. The Labute approximate surface area is 172 Å². The highest BCUT2D eigenvalue weighted by molar-refractivity contribution is 6.31. The normalized spacial score (nSPS) is 14.7. The van der Waals surface area contributed by atoms with E-state index in [1.54, 1.807) is 12.1 Å². The lowest BCUT2D eigenvalue weighted by Gasteiger charge is -2.27. The smallest absolute Gasteiger partial charge is 0.378 e. The number of aromatic nitrogens is 4. The predicted octanol–water partition coefficient (Wildman–Crippen LogP) is 3.28. The molecule has 2 amide bonds. The van der Waals surface area contributed by atoms with Crippen molar-refractivity contribution >= 4 is 40.7 Å². The van der Waals surface area contributed by atoms with E-state index in [2.05, 4.69) is 25.9 Å². The largest absolute Gasteiger partial charge is 0.417 e. The number of nitrogens with one attached hydrogen (secondary N) is 2. The van der Waals surface area contributed by atoms with Crippen molar-refractivity contribution in [3.05, 3.63) is 40.9 Å². The first-order chi connectivity index (χ1) is 14.3. The van der Waals surface area contributed by atoms with Crippen molar-refractivity contribution in [2.24, 2.45) is 0 Å². The van der Waals surface area contributed by atoms with Crippen LogP contribution in [-0.4, -0.2) is 52.1 Å². The van der Waals surface area contributed by atoms with Crippen LogP contribution in [0.5, 0.6) is 0 Å². The van der Waals surface area contributed by atoms with Gasteiger partial charge in [0.05, 0.1) is 23.8 Å². The molecule has 9 nitrogen and oxygen atoms in total. The van der Waals surface area contributed by atoms with Gasteiger partial charge < -0.3 is 15.0 Å². The number of hydrogen-bond donors (Lipinski definition) is 2. The Balaban J connectivity index is 1.52. The van der Waals surface area contributed by atoms with E-state index in [1.807, 2.05) is 4.90 Å². The van der Waals surface area contributed by atoms with Gasteiger partial charge in [-0.15, -0.1) is 15.3 Å². The summed E-state index contributed by atoms with van der Waals surface area (Å²) in [4.78, 5) is 14.3. The van der Waals surface area contributed by atoms with Gasteiger partial charge in [0.1, 0.15) is 5.82 Å². The molecule has 1 aliphatic heterocycles. The highest BCUT2D eigenvalue weighted by atomic mass is 35.5. The molecule has 0 radical (unpaired) electrons. The Morgan fingerprint density at radius 2 is 1.87 bits per heavy atom. The van der Waals surface area contributed by atoms with Crippen LogP contribution >= 0.6 is 11.6 Å². The van der Waals surface area contributed by atoms with E-state index in [0.717, 1.165) is 12.1 Å². The Bertz CT molecular complexity index is 1080. The molecular formula is C17H15ClF3N7O2. The number of anilines is 3. The Kier molecular flexibility index (Phi) is 5.35. The number of amides is 2. The van der Waals surface area contributed by atoms with Crippen LogP contribution in [0.1, 0.15) is 5.56 Å². The zero-order valence-corrected chi connectivity index (χ0v) is 16.0. The molecule has 3 aromatic rings. The number of hydrogen-bond acceptors (Lipinski definition) is 6. The lowest BCUT2D eigenvalue weighted by molar-refractivity contribution is -0.137. The average Bonchev–Trinajstić information content (AvgIpc) is 3.11. The van der Waals surface area contributed by atoms with Gasteiger partial charge in [0.15, 0.2) is 5.65 Å².